The first-order valence-electron chi connectivity index (χ1n) is 12.2. The third-order valence-electron chi connectivity index (χ3n) is 7.59. The van der Waals surface area contributed by atoms with Crippen molar-refractivity contribution in [3.05, 3.63) is 47.2 Å². The molecule has 2 aliphatic heterocycles. The van der Waals surface area contributed by atoms with E-state index in [9.17, 15) is 4.79 Å². The average molecular weight is 433 g/mol. The van der Waals surface area contributed by atoms with Crippen LogP contribution in [0.2, 0.25) is 0 Å². The molecule has 1 aromatic heterocycles. The van der Waals surface area contributed by atoms with Crippen LogP contribution in [0.1, 0.15) is 42.5 Å². The Hall–Kier alpha value is -2.44. The van der Waals surface area contributed by atoms with Gasteiger partial charge in [0.1, 0.15) is 0 Å². The van der Waals surface area contributed by atoms with Gasteiger partial charge in [0, 0.05) is 67.1 Å². The molecule has 1 unspecified atom stereocenters. The Morgan fingerprint density at radius 2 is 1.97 bits per heavy atom. The molecule has 168 valence electrons. The van der Waals surface area contributed by atoms with E-state index in [-0.39, 0.29) is 5.91 Å². The maximum Gasteiger partial charge on any atom is 0.255 e. The summed E-state index contributed by atoms with van der Waals surface area (Å²) < 4.78 is 7.77. The van der Waals surface area contributed by atoms with Crippen LogP contribution in [0.15, 0.2) is 46.6 Å². The minimum atomic E-state index is 0.216. The number of nitrogens with zero attached hydrogens (tertiary/aromatic N) is 4. The summed E-state index contributed by atoms with van der Waals surface area (Å²) >= 11 is 0. The summed E-state index contributed by atoms with van der Waals surface area (Å²) in [7, 11) is 0. The highest BCUT2D eigenvalue weighted by molar-refractivity contribution is 6.07. The quantitative estimate of drug-likeness (QED) is 0.702. The van der Waals surface area contributed by atoms with Crippen molar-refractivity contribution in [3.63, 3.8) is 0 Å². The maximum absolute atomic E-state index is 13.9. The summed E-state index contributed by atoms with van der Waals surface area (Å²) in [5.41, 5.74) is 4.90. The summed E-state index contributed by atoms with van der Waals surface area (Å²) in [4.78, 5) is 23.0. The van der Waals surface area contributed by atoms with Crippen molar-refractivity contribution >= 4 is 23.0 Å². The zero-order valence-electron chi connectivity index (χ0n) is 18.7. The van der Waals surface area contributed by atoms with E-state index in [0.717, 1.165) is 94.5 Å². The fourth-order valence-electron chi connectivity index (χ4n) is 5.63. The normalized spacial score (nSPS) is 23.7. The second-order valence-corrected chi connectivity index (χ2v) is 9.64. The molecule has 0 bridgehead atoms. The number of ether oxygens (including phenoxy) is 1. The molecule has 2 aromatic rings. The third kappa shape index (κ3) is 3.80. The van der Waals surface area contributed by atoms with Gasteiger partial charge in [-0.2, -0.15) is 0 Å². The van der Waals surface area contributed by atoms with Gasteiger partial charge in [-0.05, 0) is 61.4 Å². The first kappa shape index (κ1) is 20.2. The molecule has 3 heterocycles. The van der Waals surface area contributed by atoms with Crippen LogP contribution < -0.4 is 0 Å². The minimum absolute atomic E-state index is 0.216. The Balaban J connectivity index is 1.24. The molecule has 2 fully saturated rings. The van der Waals surface area contributed by atoms with E-state index < -0.39 is 0 Å². The van der Waals surface area contributed by atoms with Crippen LogP contribution in [-0.4, -0.2) is 78.0 Å². The van der Waals surface area contributed by atoms with Gasteiger partial charge < -0.3 is 14.2 Å². The van der Waals surface area contributed by atoms with Crippen LogP contribution in [0.25, 0.3) is 10.9 Å². The van der Waals surface area contributed by atoms with E-state index in [1.807, 2.05) is 12.3 Å². The number of hydrogen-bond donors (Lipinski definition) is 0. The molecule has 4 aliphatic rings. The molecule has 6 heteroatoms. The Morgan fingerprint density at radius 3 is 2.81 bits per heavy atom. The second kappa shape index (κ2) is 8.49. The van der Waals surface area contributed by atoms with E-state index in [0.29, 0.717) is 12.1 Å². The maximum atomic E-state index is 13.9. The van der Waals surface area contributed by atoms with Crippen molar-refractivity contribution < 1.29 is 9.53 Å². The number of rotatable bonds is 6. The molecule has 1 aromatic carbocycles. The molecule has 1 saturated carbocycles. The molecule has 0 radical (unpaired) electrons. The molecule has 32 heavy (non-hydrogen) atoms. The molecular weight excluding hydrogens is 400 g/mol. The number of hydrogen-bond acceptors (Lipinski definition) is 4. The monoisotopic (exact) mass is 432 g/mol. The molecule has 0 N–H and O–H groups in total. The predicted octanol–water partition coefficient (Wildman–Crippen LogP) is 3.51. The van der Waals surface area contributed by atoms with E-state index >= 15 is 0 Å². The van der Waals surface area contributed by atoms with Gasteiger partial charge in [0.2, 0.25) is 0 Å². The number of amides is 1. The number of carbonyl (C=O) groups excluding carboxylic acids is 1. The molecule has 0 spiro atoms. The first-order chi connectivity index (χ1) is 15.8. The van der Waals surface area contributed by atoms with Crippen molar-refractivity contribution in [1.82, 2.24) is 14.4 Å². The summed E-state index contributed by atoms with van der Waals surface area (Å²) in [5.74, 6) is 0.216. The smallest absolute Gasteiger partial charge is 0.255 e. The summed E-state index contributed by atoms with van der Waals surface area (Å²) in [6, 6.07) is 9.08. The van der Waals surface area contributed by atoms with Crippen LogP contribution in [-0.2, 0) is 11.3 Å². The molecular formula is C26H32N4O2. The van der Waals surface area contributed by atoms with Gasteiger partial charge in [0.15, 0.2) is 0 Å². The number of morpholine rings is 1. The van der Waals surface area contributed by atoms with Crippen LogP contribution in [0.4, 0.5) is 0 Å². The van der Waals surface area contributed by atoms with Crippen molar-refractivity contribution in [3.8, 4) is 0 Å². The van der Waals surface area contributed by atoms with Crippen LogP contribution in [0.5, 0.6) is 0 Å². The first-order valence-corrected chi connectivity index (χ1v) is 12.2. The molecule has 6 rings (SSSR count). The van der Waals surface area contributed by atoms with Crippen LogP contribution in [0.3, 0.4) is 0 Å². The molecule has 2 aliphatic carbocycles. The summed E-state index contributed by atoms with van der Waals surface area (Å²) in [6.07, 6.45) is 9.59. The SMILES string of the molecule is O=C(c1cccc2c1ccn2CCN1CCOCC1)N(C1CC1)C1CCC2=C(C=NC2)C1. The van der Waals surface area contributed by atoms with Gasteiger partial charge in [-0.3, -0.25) is 14.7 Å². The minimum Gasteiger partial charge on any atom is -0.379 e. The largest absolute Gasteiger partial charge is 0.379 e. The van der Waals surface area contributed by atoms with Gasteiger partial charge in [-0.25, -0.2) is 0 Å². The third-order valence-corrected chi connectivity index (χ3v) is 7.59. The lowest BCUT2D eigenvalue weighted by atomic mass is 9.88. The summed E-state index contributed by atoms with van der Waals surface area (Å²) in [5, 5.41) is 1.09. The van der Waals surface area contributed by atoms with E-state index in [1.54, 1.807) is 0 Å². The highest BCUT2D eigenvalue weighted by atomic mass is 16.5. The number of fused-ring (bicyclic) bond motifs is 1. The molecule has 1 saturated heterocycles. The Bertz CT molecular complexity index is 1070. The van der Waals surface area contributed by atoms with E-state index in [1.165, 1.54) is 11.1 Å². The Labute approximate surface area is 189 Å². The van der Waals surface area contributed by atoms with Gasteiger partial charge in [0.25, 0.3) is 5.91 Å². The van der Waals surface area contributed by atoms with Gasteiger partial charge in [-0.1, -0.05) is 6.07 Å². The molecule has 1 atom stereocenters. The lowest BCUT2D eigenvalue weighted by molar-refractivity contribution is 0.0365. The standard InChI is InChI=1S/C26H32N4O2/c31-26(30(21-6-7-21)22-5-4-19-17-27-18-20(19)16-22)24-2-1-3-25-23(24)8-9-29(25)11-10-28-12-14-32-15-13-28/h1-3,8-9,18,21-22H,4-7,10-17H2. The zero-order valence-corrected chi connectivity index (χ0v) is 18.7. The van der Waals surface area contributed by atoms with Crippen molar-refractivity contribution in [2.75, 3.05) is 39.4 Å². The number of aromatic nitrogens is 1. The van der Waals surface area contributed by atoms with Crippen molar-refractivity contribution in [2.24, 2.45) is 4.99 Å². The molecule has 6 nitrogen and oxygen atoms in total. The highest BCUT2D eigenvalue weighted by Crippen LogP contribution is 2.38. The van der Waals surface area contributed by atoms with Crippen LogP contribution >= 0.6 is 0 Å². The van der Waals surface area contributed by atoms with Crippen molar-refractivity contribution in [2.45, 2.75) is 50.7 Å². The Kier molecular flexibility index (Phi) is 5.35. The number of carbonyl (C=O) groups is 1. The second-order valence-electron chi connectivity index (χ2n) is 9.64. The highest BCUT2D eigenvalue weighted by Gasteiger charge is 2.40. The summed E-state index contributed by atoms with van der Waals surface area (Å²) in [6.45, 7) is 6.48. The zero-order chi connectivity index (χ0) is 21.5. The lowest BCUT2D eigenvalue weighted by Crippen LogP contribution is -2.43. The fraction of sp³-hybridized carbons (Fsp3) is 0.538. The van der Waals surface area contributed by atoms with Gasteiger partial charge >= 0.3 is 0 Å². The number of benzene rings is 1. The van der Waals surface area contributed by atoms with E-state index in [4.69, 9.17) is 4.74 Å². The predicted molar refractivity (Wildman–Crippen MR) is 126 cm³/mol. The lowest BCUT2D eigenvalue weighted by Gasteiger charge is -2.35. The number of aliphatic imine (C=N–C) groups is 1. The van der Waals surface area contributed by atoms with Gasteiger partial charge in [0.05, 0.1) is 19.8 Å². The van der Waals surface area contributed by atoms with Gasteiger partial charge in [-0.15, -0.1) is 0 Å². The van der Waals surface area contributed by atoms with Crippen molar-refractivity contribution in [1.29, 1.82) is 0 Å². The van der Waals surface area contributed by atoms with E-state index in [2.05, 4.69) is 43.8 Å². The van der Waals surface area contributed by atoms with Crippen LogP contribution in [0, 0.1) is 0 Å². The average Bonchev–Trinajstić information content (AvgIpc) is 3.39. The topological polar surface area (TPSA) is 50.1 Å². The molecule has 1 amide bonds. The Morgan fingerprint density at radius 1 is 1.09 bits per heavy atom. The fourth-order valence-corrected chi connectivity index (χ4v) is 5.63.